The Labute approximate surface area is 118 Å². The van der Waals surface area contributed by atoms with Gasteiger partial charge in [0.2, 0.25) is 11.8 Å². The lowest BCUT2D eigenvalue weighted by Gasteiger charge is -2.32. The first kappa shape index (κ1) is 14.2. The summed E-state index contributed by atoms with van der Waals surface area (Å²) in [5.41, 5.74) is 0. The van der Waals surface area contributed by atoms with Crippen LogP contribution in [0.2, 0.25) is 0 Å². The van der Waals surface area contributed by atoms with E-state index in [9.17, 15) is 9.59 Å². The summed E-state index contributed by atoms with van der Waals surface area (Å²) in [6, 6.07) is -0.329. The molecule has 0 N–H and O–H groups in total. The standard InChI is InChI=1S/C14H20N2O2S/c1-4-8-15(9-5-2)13(18)11-10-19-14(3)7-6-12(17)16(11)14/h4-5,11H,1-2,6-10H2,3H3/t11-,14-/m1/s1. The molecular weight excluding hydrogens is 260 g/mol. The lowest BCUT2D eigenvalue weighted by Crippen LogP contribution is -2.51. The third-order valence-corrected chi connectivity index (χ3v) is 5.25. The van der Waals surface area contributed by atoms with Crippen molar-refractivity contribution in [2.75, 3.05) is 18.8 Å². The van der Waals surface area contributed by atoms with Crippen molar-refractivity contribution in [2.45, 2.75) is 30.7 Å². The number of nitrogens with zero attached hydrogens (tertiary/aromatic N) is 2. The van der Waals surface area contributed by atoms with E-state index in [-0.39, 0.29) is 22.7 Å². The summed E-state index contributed by atoms with van der Waals surface area (Å²) in [6.07, 6.45) is 4.79. The van der Waals surface area contributed by atoms with E-state index in [2.05, 4.69) is 20.1 Å². The molecule has 0 saturated carbocycles. The minimum atomic E-state index is -0.329. The highest BCUT2D eigenvalue weighted by molar-refractivity contribution is 8.01. The number of rotatable bonds is 5. The molecule has 0 aliphatic carbocycles. The van der Waals surface area contributed by atoms with Crippen LogP contribution in [-0.2, 0) is 9.59 Å². The van der Waals surface area contributed by atoms with Crippen LogP contribution in [0.1, 0.15) is 19.8 Å². The van der Waals surface area contributed by atoms with Gasteiger partial charge in [0, 0.05) is 25.3 Å². The Morgan fingerprint density at radius 1 is 1.53 bits per heavy atom. The van der Waals surface area contributed by atoms with Gasteiger partial charge in [-0.25, -0.2) is 0 Å². The van der Waals surface area contributed by atoms with Crippen LogP contribution in [-0.4, -0.2) is 51.4 Å². The second kappa shape index (κ2) is 5.41. The molecule has 2 aliphatic rings. The molecule has 0 radical (unpaired) electrons. The first-order chi connectivity index (χ1) is 9.03. The maximum absolute atomic E-state index is 12.6. The fraction of sp³-hybridized carbons (Fsp3) is 0.571. The van der Waals surface area contributed by atoms with Gasteiger partial charge in [-0.3, -0.25) is 9.59 Å². The van der Waals surface area contributed by atoms with Crippen LogP contribution in [0.15, 0.2) is 25.3 Å². The van der Waals surface area contributed by atoms with Gasteiger partial charge >= 0.3 is 0 Å². The zero-order valence-corrected chi connectivity index (χ0v) is 12.1. The molecule has 0 aromatic carbocycles. The summed E-state index contributed by atoms with van der Waals surface area (Å²) in [6.45, 7) is 10.4. The summed E-state index contributed by atoms with van der Waals surface area (Å²) in [5, 5.41) is 0. The molecule has 4 nitrogen and oxygen atoms in total. The molecule has 2 saturated heterocycles. The van der Waals surface area contributed by atoms with Gasteiger partial charge in [0.05, 0.1) is 4.87 Å². The number of carbonyl (C=O) groups is 2. The molecule has 0 aromatic heterocycles. The molecule has 0 unspecified atom stereocenters. The number of thioether (sulfide) groups is 1. The first-order valence-electron chi connectivity index (χ1n) is 6.50. The Kier molecular flexibility index (Phi) is 4.04. The Hall–Kier alpha value is -1.23. The quantitative estimate of drug-likeness (QED) is 0.719. The summed E-state index contributed by atoms with van der Waals surface area (Å²) in [7, 11) is 0. The molecule has 2 amide bonds. The van der Waals surface area contributed by atoms with Crippen LogP contribution in [0.5, 0.6) is 0 Å². The average molecular weight is 280 g/mol. The average Bonchev–Trinajstić information content (AvgIpc) is 2.86. The van der Waals surface area contributed by atoms with Crippen LogP contribution in [0.3, 0.4) is 0 Å². The lowest BCUT2D eigenvalue weighted by molar-refractivity contribution is -0.143. The molecule has 2 aliphatic heterocycles. The number of carbonyl (C=O) groups excluding carboxylic acids is 2. The third-order valence-electron chi connectivity index (χ3n) is 3.74. The molecule has 2 rings (SSSR count). The summed E-state index contributed by atoms with van der Waals surface area (Å²) >= 11 is 1.71. The second-order valence-corrected chi connectivity index (χ2v) is 6.59. The van der Waals surface area contributed by atoms with Gasteiger partial charge in [-0.05, 0) is 13.3 Å². The van der Waals surface area contributed by atoms with Crippen molar-refractivity contribution >= 4 is 23.6 Å². The fourth-order valence-electron chi connectivity index (χ4n) is 2.78. The molecule has 2 heterocycles. The fourth-order valence-corrected chi connectivity index (χ4v) is 4.20. The maximum Gasteiger partial charge on any atom is 0.246 e. The van der Waals surface area contributed by atoms with E-state index < -0.39 is 0 Å². The van der Waals surface area contributed by atoms with Crippen LogP contribution >= 0.6 is 11.8 Å². The van der Waals surface area contributed by atoms with Gasteiger partial charge in [-0.1, -0.05) is 12.2 Å². The van der Waals surface area contributed by atoms with E-state index in [4.69, 9.17) is 0 Å². The summed E-state index contributed by atoms with van der Waals surface area (Å²) in [5.74, 6) is 0.792. The zero-order chi connectivity index (χ0) is 14.0. The molecule has 0 spiro atoms. The summed E-state index contributed by atoms with van der Waals surface area (Å²) in [4.78, 5) is 27.9. The Balaban J connectivity index is 2.17. The van der Waals surface area contributed by atoms with E-state index in [1.807, 2.05) is 0 Å². The first-order valence-corrected chi connectivity index (χ1v) is 7.49. The van der Waals surface area contributed by atoms with Crippen molar-refractivity contribution in [1.82, 2.24) is 9.80 Å². The van der Waals surface area contributed by atoms with Crippen molar-refractivity contribution in [1.29, 1.82) is 0 Å². The molecule has 19 heavy (non-hydrogen) atoms. The molecular formula is C14H20N2O2S. The van der Waals surface area contributed by atoms with Gasteiger partial charge in [0.25, 0.3) is 0 Å². The van der Waals surface area contributed by atoms with Crippen molar-refractivity contribution in [2.24, 2.45) is 0 Å². The Morgan fingerprint density at radius 3 is 2.74 bits per heavy atom. The highest BCUT2D eigenvalue weighted by Crippen LogP contribution is 2.47. The van der Waals surface area contributed by atoms with Crippen LogP contribution in [0.25, 0.3) is 0 Å². The van der Waals surface area contributed by atoms with E-state index >= 15 is 0 Å². The van der Waals surface area contributed by atoms with Crippen molar-refractivity contribution in [3.8, 4) is 0 Å². The largest absolute Gasteiger partial charge is 0.333 e. The SMILES string of the molecule is C=CCN(CC=C)C(=O)[C@H]1CS[C@]2(C)CCC(=O)N12. The predicted octanol–water partition coefficient (Wildman–Crippen LogP) is 1.64. The van der Waals surface area contributed by atoms with Gasteiger partial charge in [-0.2, -0.15) is 0 Å². The number of hydrogen-bond acceptors (Lipinski definition) is 3. The minimum Gasteiger partial charge on any atom is -0.333 e. The van der Waals surface area contributed by atoms with Crippen molar-refractivity contribution in [3.05, 3.63) is 25.3 Å². The van der Waals surface area contributed by atoms with E-state index in [1.165, 1.54) is 0 Å². The third kappa shape index (κ3) is 2.43. The lowest BCUT2D eigenvalue weighted by atomic mass is 10.2. The van der Waals surface area contributed by atoms with E-state index in [0.29, 0.717) is 25.3 Å². The van der Waals surface area contributed by atoms with Gasteiger partial charge in [-0.15, -0.1) is 24.9 Å². The Morgan fingerprint density at radius 2 is 2.16 bits per heavy atom. The zero-order valence-electron chi connectivity index (χ0n) is 11.3. The van der Waals surface area contributed by atoms with E-state index in [1.54, 1.807) is 33.7 Å². The summed E-state index contributed by atoms with van der Waals surface area (Å²) < 4.78 is 0. The molecule has 5 heteroatoms. The highest BCUT2D eigenvalue weighted by atomic mass is 32.2. The number of hydrogen-bond donors (Lipinski definition) is 0. The Bertz CT molecular complexity index is 414. The molecule has 0 bridgehead atoms. The molecule has 104 valence electrons. The molecule has 2 atom stereocenters. The number of fused-ring (bicyclic) bond motifs is 1. The van der Waals surface area contributed by atoms with Crippen LogP contribution in [0.4, 0.5) is 0 Å². The highest BCUT2D eigenvalue weighted by Gasteiger charge is 2.53. The molecule has 0 aromatic rings. The van der Waals surface area contributed by atoms with Crippen molar-refractivity contribution < 1.29 is 9.59 Å². The van der Waals surface area contributed by atoms with Crippen molar-refractivity contribution in [3.63, 3.8) is 0 Å². The van der Waals surface area contributed by atoms with Crippen LogP contribution < -0.4 is 0 Å². The molecule has 2 fully saturated rings. The number of amides is 2. The normalized spacial score (nSPS) is 29.2. The van der Waals surface area contributed by atoms with Crippen LogP contribution in [0, 0.1) is 0 Å². The monoisotopic (exact) mass is 280 g/mol. The van der Waals surface area contributed by atoms with E-state index in [0.717, 1.165) is 6.42 Å². The van der Waals surface area contributed by atoms with Gasteiger partial charge in [0.1, 0.15) is 6.04 Å². The smallest absolute Gasteiger partial charge is 0.246 e. The van der Waals surface area contributed by atoms with Gasteiger partial charge in [0.15, 0.2) is 0 Å². The van der Waals surface area contributed by atoms with Gasteiger partial charge < -0.3 is 9.80 Å². The second-order valence-electron chi connectivity index (χ2n) is 5.09. The minimum absolute atomic E-state index is 0.00581. The predicted molar refractivity (Wildman–Crippen MR) is 77.7 cm³/mol. The maximum atomic E-state index is 12.6. The topological polar surface area (TPSA) is 40.6 Å².